The first-order valence-electron chi connectivity index (χ1n) is 7.00. The minimum absolute atomic E-state index is 0.0921. The second-order valence-electron chi connectivity index (χ2n) is 6.99. The van der Waals surface area contributed by atoms with E-state index in [4.69, 9.17) is 9.52 Å². The van der Waals surface area contributed by atoms with Crippen LogP contribution in [0.5, 0.6) is 0 Å². The standard InChI is InChI=1S/C15H24N2O3/c1-14(2)6-11(7-15(3,4)17-14)16-8-12-5-10(9-20-12)13(18)19/h5,9,11,16-17H,6-8H2,1-4H3,(H,18,19). The average Bonchev–Trinajstić information content (AvgIpc) is 2.70. The predicted molar refractivity (Wildman–Crippen MR) is 76.8 cm³/mol. The van der Waals surface area contributed by atoms with Crippen molar-refractivity contribution in [1.29, 1.82) is 0 Å². The molecule has 3 N–H and O–H groups in total. The molecule has 1 aromatic rings. The molecule has 0 aromatic carbocycles. The van der Waals surface area contributed by atoms with Gasteiger partial charge in [0.1, 0.15) is 12.0 Å². The highest BCUT2D eigenvalue weighted by molar-refractivity contribution is 5.87. The third-order valence-electron chi connectivity index (χ3n) is 3.66. The molecule has 1 aliphatic rings. The zero-order valence-corrected chi connectivity index (χ0v) is 12.6. The lowest BCUT2D eigenvalue weighted by molar-refractivity contribution is 0.0696. The smallest absolute Gasteiger partial charge is 0.338 e. The first-order valence-corrected chi connectivity index (χ1v) is 7.00. The van der Waals surface area contributed by atoms with Crippen molar-refractivity contribution in [3.63, 3.8) is 0 Å². The van der Waals surface area contributed by atoms with Crippen LogP contribution in [0.25, 0.3) is 0 Å². The van der Waals surface area contributed by atoms with Crippen LogP contribution in [0.3, 0.4) is 0 Å². The number of aromatic carboxylic acids is 1. The van der Waals surface area contributed by atoms with Crippen molar-refractivity contribution in [2.24, 2.45) is 0 Å². The van der Waals surface area contributed by atoms with Gasteiger partial charge >= 0.3 is 5.97 Å². The molecule has 0 bridgehead atoms. The Balaban J connectivity index is 1.94. The van der Waals surface area contributed by atoms with Crippen LogP contribution in [0.4, 0.5) is 0 Å². The van der Waals surface area contributed by atoms with Gasteiger partial charge in [0, 0.05) is 17.1 Å². The number of nitrogens with one attached hydrogen (secondary N) is 2. The van der Waals surface area contributed by atoms with Crippen LogP contribution in [0, 0.1) is 0 Å². The summed E-state index contributed by atoms with van der Waals surface area (Å²) in [5.41, 5.74) is 0.386. The fraction of sp³-hybridized carbons (Fsp3) is 0.667. The SMILES string of the molecule is CC1(C)CC(NCc2cc(C(=O)O)co2)CC(C)(C)N1. The van der Waals surface area contributed by atoms with E-state index in [-0.39, 0.29) is 16.6 Å². The fourth-order valence-electron chi connectivity index (χ4n) is 3.30. The first kappa shape index (κ1) is 15.1. The molecule has 0 radical (unpaired) electrons. The minimum Gasteiger partial charge on any atom is -0.478 e. The van der Waals surface area contributed by atoms with Crippen LogP contribution >= 0.6 is 0 Å². The summed E-state index contributed by atoms with van der Waals surface area (Å²) in [5, 5.41) is 16.0. The molecule has 20 heavy (non-hydrogen) atoms. The van der Waals surface area contributed by atoms with Crippen LogP contribution < -0.4 is 10.6 Å². The zero-order chi connectivity index (χ0) is 15.0. The average molecular weight is 280 g/mol. The summed E-state index contributed by atoms with van der Waals surface area (Å²) in [4.78, 5) is 10.8. The first-order chi connectivity index (χ1) is 9.17. The van der Waals surface area contributed by atoms with Crippen LogP contribution in [0.1, 0.15) is 56.7 Å². The summed E-state index contributed by atoms with van der Waals surface area (Å²) in [7, 11) is 0. The maximum absolute atomic E-state index is 10.8. The van der Waals surface area contributed by atoms with E-state index in [9.17, 15) is 4.79 Å². The Morgan fingerprint density at radius 1 is 1.40 bits per heavy atom. The predicted octanol–water partition coefficient (Wildman–Crippen LogP) is 2.38. The van der Waals surface area contributed by atoms with Crippen molar-refractivity contribution in [1.82, 2.24) is 10.6 Å². The maximum Gasteiger partial charge on any atom is 0.338 e. The van der Waals surface area contributed by atoms with Gasteiger partial charge in [-0.15, -0.1) is 0 Å². The highest BCUT2D eigenvalue weighted by Gasteiger charge is 2.37. The molecule has 5 heteroatoms. The fourth-order valence-corrected chi connectivity index (χ4v) is 3.30. The molecular weight excluding hydrogens is 256 g/mol. The normalized spacial score (nSPS) is 21.8. The Morgan fingerprint density at radius 3 is 2.50 bits per heavy atom. The summed E-state index contributed by atoms with van der Waals surface area (Å²) in [6.45, 7) is 9.39. The zero-order valence-electron chi connectivity index (χ0n) is 12.6. The van der Waals surface area contributed by atoms with Crippen LogP contribution in [-0.4, -0.2) is 28.2 Å². The molecule has 1 saturated heterocycles. The Labute approximate surface area is 119 Å². The third-order valence-corrected chi connectivity index (χ3v) is 3.66. The highest BCUT2D eigenvalue weighted by Crippen LogP contribution is 2.28. The Kier molecular flexibility index (Phi) is 3.93. The summed E-state index contributed by atoms with van der Waals surface area (Å²) in [6, 6.07) is 1.96. The summed E-state index contributed by atoms with van der Waals surface area (Å²) < 4.78 is 5.26. The second-order valence-corrected chi connectivity index (χ2v) is 6.99. The van der Waals surface area contributed by atoms with E-state index in [1.165, 1.54) is 6.26 Å². The topological polar surface area (TPSA) is 74.5 Å². The van der Waals surface area contributed by atoms with E-state index in [0.29, 0.717) is 18.3 Å². The number of furan rings is 1. The number of carboxylic acid groups (broad SMARTS) is 1. The maximum atomic E-state index is 10.8. The van der Waals surface area contributed by atoms with Gasteiger partial charge in [-0.25, -0.2) is 4.79 Å². The van der Waals surface area contributed by atoms with Gasteiger partial charge in [-0.2, -0.15) is 0 Å². The molecular formula is C15H24N2O3. The lowest BCUT2D eigenvalue weighted by Crippen LogP contribution is -2.61. The lowest BCUT2D eigenvalue weighted by atomic mass is 9.79. The number of rotatable bonds is 4. The van der Waals surface area contributed by atoms with Crippen molar-refractivity contribution in [2.75, 3.05) is 0 Å². The molecule has 1 aromatic heterocycles. The minimum atomic E-state index is -0.955. The summed E-state index contributed by atoms with van der Waals surface area (Å²) in [5.74, 6) is -0.291. The van der Waals surface area contributed by atoms with Crippen LogP contribution in [-0.2, 0) is 6.54 Å². The van der Waals surface area contributed by atoms with Gasteiger partial charge in [-0.3, -0.25) is 0 Å². The molecule has 0 amide bonds. The number of hydrogen-bond acceptors (Lipinski definition) is 4. The van der Waals surface area contributed by atoms with Crippen molar-refractivity contribution >= 4 is 5.97 Å². The molecule has 0 unspecified atom stereocenters. The van der Waals surface area contributed by atoms with Crippen molar-refractivity contribution in [3.8, 4) is 0 Å². The largest absolute Gasteiger partial charge is 0.478 e. The van der Waals surface area contributed by atoms with Gasteiger partial charge in [0.2, 0.25) is 0 Å². The van der Waals surface area contributed by atoms with Crippen molar-refractivity contribution < 1.29 is 14.3 Å². The molecule has 112 valence electrons. The van der Waals surface area contributed by atoms with E-state index in [1.54, 1.807) is 6.07 Å². The van der Waals surface area contributed by atoms with Gasteiger partial charge in [-0.1, -0.05) is 0 Å². The number of carboxylic acids is 1. The summed E-state index contributed by atoms with van der Waals surface area (Å²) in [6.07, 6.45) is 3.35. The van der Waals surface area contributed by atoms with E-state index in [0.717, 1.165) is 12.8 Å². The van der Waals surface area contributed by atoms with Crippen LogP contribution in [0.2, 0.25) is 0 Å². The van der Waals surface area contributed by atoms with E-state index < -0.39 is 5.97 Å². The Morgan fingerprint density at radius 2 is 2.00 bits per heavy atom. The monoisotopic (exact) mass is 280 g/mol. The molecule has 1 aliphatic heterocycles. The van der Waals surface area contributed by atoms with E-state index in [1.807, 2.05) is 0 Å². The molecule has 0 spiro atoms. The van der Waals surface area contributed by atoms with Crippen molar-refractivity contribution in [2.45, 2.75) is 64.2 Å². The number of carbonyl (C=O) groups is 1. The van der Waals surface area contributed by atoms with E-state index in [2.05, 4.69) is 38.3 Å². The van der Waals surface area contributed by atoms with Gasteiger partial charge in [0.25, 0.3) is 0 Å². The quantitative estimate of drug-likeness (QED) is 0.789. The molecule has 0 atom stereocenters. The van der Waals surface area contributed by atoms with E-state index >= 15 is 0 Å². The molecule has 5 nitrogen and oxygen atoms in total. The number of piperidine rings is 1. The van der Waals surface area contributed by atoms with Gasteiger partial charge < -0.3 is 20.2 Å². The van der Waals surface area contributed by atoms with Gasteiger partial charge in [-0.05, 0) is 46.6 Å². The Bertz CT molecular complexity index is 475. The van der Waals surface area contributed by atoms with Gasteiger partial charge in [0.05, 0.1) is 12.1 Å². The number of hydrogen-bond donors (Lipinski definition) is 3. The van der Waals surface area contributed by atoms with Crippen molar-refractivity contribution in [3.05, 3.63) is 23.7 Å². The highest BCUT2D eigenvalue weighted by atomic mass is 16.4. The molecule has 2 rings (SSSR count). The molecule has 0 saturated carbocycles. The third kappa shape index (κ3) is 3.84. The molecule has 2 heterocycles. The molecule has 1 fully saturated rings. The second kappa shape index (κ2) is 5.22. The lowest BCUT2D eigenvalue weighted by Gasteiger charge is -2.46. The van der Waals surface area contributed by atoms with Gasteiger partial charge in [0.15, 0.2) is 0 Å². The molecule has 0 aliphatic carbocycles. The summed E-state index contributed by atoms with van der Waals surface area (Å²) >= 11 is 0. The van der Waals surface area contributed by atoms with Crippen LogP contribution in [0.15, 0.2) is 16.7 Å². The Hall–Kier alpha value is -1.33.